The second-order valence-corrected chi connectivity index (χ2v) is 5.93. The minimum atomic E-state index is -0.510. The van der Waals surface area contributed by atoms with E-state index in [2.05, 4.69) is 36.2 Å². The molecule has 0 bridgehead atoms. The molecule has 0 spiro atoms. The Morgan fingerprint density at radius 2 is 2.11 bits per heavy atom. The zero-order chi connectivity index (χ0) is 13.6. The Hall–Kier alpha value is -1.55. The van der Waals surface area contributed by atoms with Crippen molar-refractivity contribution in [2.75, 3.05) is 23.3 Å². The average molecular weight is 259 g/mol. The first-order chi connectivity index (χ1) is 9.06. The summed E-state index contributed by atoms with van der Waals surface area (Å²) in [6.07, 6.45) is 1.23. The predicted molar refractivity (Wildman–Crippen MR) is 77.2 cm³/mol. The molecular weight excluding hydrogens is 238 g/mol. The standard InChI is InChI=1S/C15H21N3O/c1-9-5-6-18(8-10(9)2)11-3-4-12-13(7-11)17-15(19)14(12)16/h3-4,7,9-10,14H,5-6,8,16H2,1-2H3,(H,17,19). The fourth-order valence-electron chi connectivity index (χ4n) is 2.97. The van der Waals surface area contributed by atoms with E-state index < -0.39 is 6.04 Å². The third-order valence-electron chi connectivity index (χ3n) is 4.61. The van der Waals surface area contributed by atoms with Crippen LogP contribution in [0.15, 0.2) is 18.2 Å². The predicted octanol–water partition coefficient (Wildman–Crippen LogP) is 2.12. The number of carbonyl (C=O) groups is 1. The van der Waals surface area contributed by atoms with E-state index in [1.807, 2.05) is 6.07 Å². The van der Waals surface area contributed by atoms with Crippen LogP contribution in [0.25, 0.3) is 0 Å². The molecule has 3 atom stereocenters. The molecule has 2 aliphatic heterocycles. The maximum Gasteiger partial charge on any atom is 0.245 e. The molecule has 4 nitrogen and oxygen atoms in total. The van der Waals surface area contributed by atoms with Crippen LogP contribution < -0.4 is 16.0 Å². The SMILES string of the molecule is CC1CCN(c2ccc3c(c2)NC(=O)C3N)CC1C. The maximum absolute atomic E-state index is 11.6. The Bertz CT molecular complexity index is 514. The van der Waals surface area contributed by atoms with E-state index in [-0.39, 0.29) is 5.91 Å². The number of anilines is 2. The van der Waals surface area contributed by atoms with E-state index in [0.717, 1.165) is 30.3 Å². The molecule has 0 radical (unpaired) electrons. The third kappa shape index (κ3) is 2.10. The highest BCUT2D eigenvalue weighted by Crippen LogP contribution is 2.34. The van der Waals surface area contributed by atoms with Crippen LogP contribution in [0, 0.1) is 11.8 Å². The van der Waals surface area contributed by atoms with E-state index in [9.17, 15) is 4.79 Å². The third-order valence-corrected chi connectivity index (χ3v) is 4.61. The number of nitrogens with one attached hydrogen (secondary N) is 1. The molecule has 0 aromatic heterocycles. The summed E-state index contributed by atoms with van der Waals surface area (Å²) in [6.45, 7) is 6.80. The normalized spacial score (nSPS) is 30.2. The number of carbonyl (C=O) groups excluding carboxylic acids is 1. The molecule has 4 heteroatoms. The van der Waals surface area contributed by atoms with E-state index in [4.69, 9.17) is 5.73 Å². The number of amides is 1. The largest absolute Gasteiger partial charge is 0.371 e. The van der Waals surface area contributed by atoms with Crippen molar-refractivity contribution in [3.8, 4) is 0 Å². The lowest BCUT2D eigenvalue weighted by molar-refractivity contribution is -0.116. The van der Waals surface area contributed by atoms with Crippen molar-refractivity contribution in [1.82, 2.24) is 0 Å². The van der Waals surface area contributed by atoms with Crippen molar-refractivity contribution < 1.29 is 4.79 Å². The van der Waals surface area contributed by atoms with Gasteiger partial charge in [0.15, 0.2) is 0 Å². The first-order valence-electron chi connectivity index (χ1n) is 7.01. The molecule has 1 aromatic carbocycles. The molecule has 0 saturated carbocycles. The summed E-state index contributed by atoms with van der Waals surface area (Å²) in [6, 6.07) is 5.62. The minimum Gasteiger partial charge on any atom is -0.371 e. The molecule has 1 aromatic rings. The smallest absolute Gasteiger partial charge is 0.245 e. The van der Waals surface area contributed by atoms with Gasteiger partial charge in [0, 0.05) is 30.0 Å². The zero-order valence-electron chi connectivity index (χ0n) is 11.5. The van der Waals surface area contributed by atoms with Gasteiger partial charge < -0.3 is 16.0 Å². The summed E-state index contributed by atoms with van der Waals surface area (Å²) in [5, 5.41) is 2.86. The van der Waals surface area contributed by atoms with Gasteiger partial charge in [0.05, 0.1) is 0 Å². The van der Waals surface area contributed by atoms with Gasteiger partial charge in [-0.3, -0.25) is 4.79 Å². The van der Waals surface area contributed by atoms with E-state index in [1.54, 1.807) is 0 Å². The second kappa shape index (κ2) is 4.53. The van der Waals surface area contributed by atoms with Crippen LogP contribution >= 0.6 is 0 Å². The van der Waals surface area contributed by atoms with Crippen molar-refractivity contribution in [1.29, 1.82) is 0 Å². The maximum atomic E-state index is 11.6. The number of nitrogens with zero attached hydrogens (tertiary/aromatic N) is 1. The average Bonchev–Trinajstić information content (AvgIpc) is 2.68. The van der Waals surface area contributed by atoms with Gasteiger partial charge in [0.25, 0.3) is 0 Å². The molecule has 102 valence electrons. The fourth-order valence-corrected chi connectivity index (χ4v) is 2.97. The monoisotopic (exact) mass is 259 g/mol. The number of fused-ring (bicyclic) bond motifs is 1. The van der Waals surface area contributed by atoms with Gasteiger partial charge in [-0.1, -0.05) is 19.9 Å². The number of hydrogen-bond donors (Lipinski definition) is 2. The van der Waals surface area contributed by atoms with Gasteiger partial charge in [-0.2, -0.15) is 0 Å². The lowest BCUT2D eigenvalue weighted by atomic mass is 9.88. The van der Waals surface area contributed by atoms with Crippen LogP contribution in [0.4, 0.5) is 11.4 Å². The molecule has 1 fully saturated rings. The summed E-state index contributed by atoms with van der Waals surface area (Å²) in [7, 11) is 0. The minimum absolute atomic E-state index is 0.104. The van der Waals surface area contributed by atoms with E-state index in [1.165, 1.54) is 12.1 Å². The summed E-state index contributed by atoms with van der Waals surface area (Å²) < 4.78 is 0. The van der Waals surface area contributed by atoms with Crippen LogP contribution in [0.1, 0.15) is 31.9 Å². The van der Waals surface area contributed by atoms with Gasteiger partial charge in [0.1, 0.15) is 6.04 Å². The Labute approximate surface area is 114 Å². The lowest BCUT2D eigenvalue weighted by Gasteiger charge is -2.37. The van der Waals surface area contributed by atoms with Gasteiger partial charge in [-0.15, -0.1) is 0 Å². The highest BCUT2D eigenvalue weighted by Gasteiger charge is 2.28. The number of piperidine rings is 1. The summed E-state index contributed by atoms with van der Waals surface area (Å²) in [4.78, 5) is 14.0. The summed E-state index contributed by atoms with van der Waals surface area (Å²) in [5.74, 6) is 1.39. The fraction of sp³-hybridized carbons (Fsp3) is 0.533. The molecule has 19 heavy (non-hydrogen) atoms. The topological polar surface area (TPSA) is 58.4 Å². The van der Waals surface area contributed by atoms with Gasteiger partial charge in [-0.25, -0.2) is 0 Å². The molecule has 2 heterocycles. The van der Waals surface area contributed by atoms with Crippen LogP contribution in [0.2, 0.25) is 0 Å². The Morgan fingerprint density at radius 1 is 1.32 bits per heavy atom. The van der Waals surface area contributed by atoms with Crippen molar-refractivity contribution in [2.45, 2.75) is 26.3 Å². The van der Waals surface area contributed by atoms with Crippen LogP contribution in [-0.4, -0.2) is 19.0 Å². The van der Waals surface area contributed by atoms with Crippen LogP contribution in [-0.2, 0) is 4.79 Å². The highest BCUT2D eigenvalue weighted by atomic mass is 16.2. The molecule has 1 saturated heterocycles. The highest BCUT2D eigenvalue weighted by molar-refractivity contribution is 6.02. The molecule has 3 rings (SSSR count). The Kier molecular flexibility index (Phi) is 2.97. The molecule has 3 unspecified atom stereocenters. The van der Waals surface area contributed by atoms with Crippen molar-refractivity contribution in [2.24, 2.45) is 17.6 Å². The summed E-state index contributed by atoms with van der Waals surface area (Å²) in [5.41, 5.74) is 8.81. The molecule has 2 aliphatic rings. The van der Waals surface area contributed by atoms with E-state index in [0.29, 0.717) is 5.92 Å². The van der Waals surface area contributed by atoms with Gasteiger partial charge in [0.2, 0.25) is 5.91 Å². The molecular formula is C15H21N3O. The molecule has 1 amide bonds. The van der Waals surface area contributed by atoms with Crippen molar-refractivity contribution >= 4 is 17.3 Å². The Balaban J connectivity index is 1.84. The first-order valence-corrected chi connectivity index (χ1v) is 7.01. The van der Waals surface area contributed by atoms with Crippen molar-refractivity contribution in [3.05, 3.63) is 23.8 Å². The van der Waals surface area contributed by atoms with Crippen molar-refractivity contribution in [3.63, 3.8) is 0 Å². The number of hydrogen-bond acceptors (Lipinski definition) is 3. The van der Waals surface area contributed by atoms with Crippen LogP contribution in [0.3, 0.4) is 0 Å². The van der Waals surface area contributed by atoms with Gasteiger partial charge >= 0.3 is 0 Å². The molecule has 3 N–H and O–H groups in total. The lowest BCUT2D eigenvalue weighted by Crippen LogP contribution is -2.38. The molecule has 0 aliphatic carbocycles. The number of nitrogens with two attached hydrogens (primary N) is 1. The quantitative estimate of drug-likeness (QED) is 0.812. The van der Waals surface area contributed by atoms with Gasteiger partial charge in [-0.05, 0) is 30.4 Å². The number of benzene rings is 1. The zero-order valence-corrected chi connectivity index (χ0v) is 11.5. The summed E-state index contributed by atoms with van der Waals surface area (Å²) >= 11 is 0. The second-order valence-electron chi connectivity index (χ2n) is 5.93. The Morgan fingerprint density at radius 3 is 2.84 bits per heavy atom. The first kappa shape index (κ1) is 12.5. The van der Waals surface area contributed by atoms with Crippen LogP contribution in [0.5, 0.6) is 0 Å². The van der Waals surface area contributed by atoms with E-state index >= 15 is 0 Å². The number of rotatable bonds is 1.